The van der Waals surface area contributed by atoms with Crippen LogP contribution in [0.3, 0.4) is 0 Å². The SMILES string of the molecule is C=C1CCO[C@]2([C@@H](O)[C@]3(C)COC(C)(C)O3)NC(=O)[C@@]1(Sc1ccccc1)NC2=O. The number of hydrogen-bond acceptors (Lipinski definition) is 7. The minimum atomic E-state index is -2.00. The maximum atomic E-state index is 13.4. The predicted octanol–water partition coefficient (Wildman–Crippen LogP) is 1.30. The molecule has 0 aliphatic carbocycles. The molecule has 0 spiro atoms. The number of aliphatic hydroxyl groups excluding tert-OH is 1. The van der Waals surface area contributed by atoms with Gasteiger partial charge in [0.25, 0.3) is 17.5 Å². The van der Waals surface area contributed by atoms with Crippen LogP contribution in [0.1, 0.15) is 27.2 Å². The first kappa shape index (κ1) is 21.3. The number of piperazine rings is 1. The molecule has 0 saturated carbocycles. The molecule has 1 aromatic rings. The van der Waals surface area contributed by atoms with E-state index in [1.165, 1.54) is 11.8 Å². The number of aliphatic hydroxyl groups is 1. The van der Waals surface area contributed by atoms with Gasteiger partial charge in [-0.15, -0.1) is 0 Å². The van der Waals surface area contributed by atoms with E-state index in [-0.39, 0.29) is 13.2 Å². The molecule has 4 atom stereocenters. The van der Waals surface area contributed by atoms with Gasteiger partial charge in [-0.3, -0.25) is 9.59 Å². The monoisotopic (exact) mass is 434 g/mol. The summed E-state index contributed by atoms with van der Waals surface area (Å²) in [5.74, 6) is -2.11. The smallest absolute Gasteiger partial charge is 0.278 e. The number of amides is 2. The predicted molar refractivity (Wildman–Crippen MR) is 109 cm³/mol. The lowest BCUT2D eigenvalue weighted by atomic mass is 9.86. The average molecular weight is 435 g/mol. The van der Waals surface area contributed by atoms with E-state index in [0.29, 0.717) is 12.0 Å². The minimum Gasteiger partial charge on any atom is -0.384 e. The molecule has 4 aliphatic rings. The molecule has 0 aromatic heterocycles. The summed E-state index contributed by atoms with van der Waals surface area (Å²) in [6.07, 6.45) is -1.18. The Hall–Kier alpha value is -1.91. The molecule has 4 saturated heterocycles. The van der Waals surface area contributed by atoms with Crippen molar-refractivity contribution < 1.29 is 28.9 Å². The van der Waals surface area contributed by atoms with E-state index in [0.717, 1.165) is 4.90 Å². The molecular formula is C21H26N2O6S. The molecule has 0 unspecified atom stereocenters. The molecule has 30 heavy (non-hydrogen) atoms. The van der Waals surface area contributed by atoms with E-state index >= 15 is 0 Å². The molecule has 8 nitrogen and oxygen atoms in total. The summed E-state index contributed by atoms with van der Waals surface area (Å²) in [7, 11) is 0. The number of fused-ring (bicyclic) bond motifs is 5. The van der Waals surface area contributed by atoms with Crippen LogP contribution in [0.5, 0.6) is 0 Å². The van der Waals surface area contributed by atoms with Crippen LogP contribution in [-0.4, -0.2) is 58.2 Å². The topological polar surface area (TPSA) is 106 Å². The van der Waals surface area contributed by atoms with Crippen LogP contribution < -0.4 is 10.6 Å². The summed E-state index contributed by atoms with van der Waals surface area (Å²) in [4.78, 5) is 26.2. The lowest BCUT2D eigenvalue weighted by Gasteiger charge is -2.51. The molecule has 4 aliphatic heterocycles. The van der Waals surface area contributed by atoms with Gasteiger partial charge in [-0.1, -0.05) is 36.5 Å². The molecule has 2 amide bonds. The standard InChI is InChI=1S/C21H26N2O6S/c1-13-10-11-27-20(15(24)19(4)12-28-18(2,3)29-19)16(25)23-21(13,17(26)22-20)30-14-8-6-5-7-9-14/h5-9,15,24H,1,10-12H2,2-4H3,(H,22,26)(H,23,25)/t15-,19-,20-,21+/m0/s1. The molecule has 1 aromatic carbocycles. The highest BCUT2D eigenvalue weighted by Crippen LogP contribution is 2.45. The summed E-state index contributed by atoms with van der Waals surface area (Å²) in [6.45, 7) is 9.23. The highest BCUT2D eigenvalue weighted by Gasteiger charge is 2.66. The molecule has 3 N–H and O–H groups in total. The number of carbonyl (C=O) groups is 2. The summed E-state index contributed by atoms with van der Waals surface area (Å²) >= 11 is 1.20. The summed E-state index contributed by atoms with van der Waals surface area (Å²) in [5, 5.41) is 16.7. The van der Waals surface area contributed by atoms with Crippen LogP contribution in [0, 0.1) is 0 Å². The van der Waals surface area contributed by atoms with Gasteiger partial charge in [0.15, 0.2) is 10.7 Å². The van der Waals surface area contributed by atoms with E-state index in [9.17, 15) is 14.7 Å². The lowest BCUT2D eigenvalue weighted by Crippen LogP contribution is -2.81. The van der Waals surface area contributed by atoms with Gasteiger partial charge in [0, 0.05) is 4.90 Å². The molecule has 4 heterocycles. The van der Waals surface area contributed by atoms with E-state index < -0.39 is 39.9 Å². The van der Waals surface area contributed by atoms with Crippen molar-refractivity contribution >= 4 is 23.6 Å². The number of rotatable bonds is 4. The van der Waals surface area contributed by atoms with Crippen LogP contribution in [0.25, 0.3) is 0 Å². The Morgan fingerprint density at radius 3 is 2.43 bits per heavy atom. The molecule has 9 heteroatoms. The van der Waals surface area contributed by atoms with Crippen molar-refractivity contribution in [3.8, 4) is 0 Å². The first-order valence-corrected chi connectivity index (χ1v) is 10.6. The summed E-state index contributed by atoms with van der Waals surface area (Å²) < 4.78 is 17.3. The zero-order valence-electron chi connectivity index (χ0n) is 17.2. The molecular weight excluding hydrogens is 408 g/mol. The third-order valence-electron chi connectivity index (χ3n) is 5.64. The second-order valence-electron chi connectivity index (χ2n) is 8.45. The van der Waals surface area contributed by atoms with E-state index in [1.807, 2.05) is 30.3 Å². The Morgan fingerprint density at radius 1 is 1.10 bits per heavy atom. The maximum absolute atomic E-state index is 13.4. The van der Waals surface area contributed by atoms with Crippen molar-refractivity contribution in [2.75, 3.05) is 13.2 Å². The Morgan fingerprint density at radius 2 is 1.80 bits per heavy atom. The molecule has 162 valence electrons. The Bertz CT molecular complexity index is 893. The normalized spacial score (nSPS) is 36.6. The first-order valence-electron chi connectivity index (χ1n) is 9.77. The molecule has 4 fully saturated rings. The van der Waals surface area contributed by atoms with Crippen LogP contribution in [0.2, 0.25) is 0 Å². The van der Waals surface area contributed by atoms with Crippen molar-refractivity contribution in [1.29, 1.82) is 0 Å². The number of hydrogen-bond donors (Lipinski definition) is 3. The summed E-state index contributed by atoms with van der Waals surface area (Å²) in [6, 6.07) is 9.28. The Balaban J connectivity index is 1.70. The summed E-state index contributed by atoms with van der Waals surface area (Å²) in [5.41, 5.74) is -2.76. The number of benzene rings is 1. The molecule has 0 radical (unpaired) electrons. The molecule has 2 bridgehead atoms. The van der Waals surface area contributed by atoms with Crippen LogP contribution >= 0.6 is 11.8 Å². The van der Waals surface area contributed by atoms with Gasteiger partial charge < -0.3 is 30.0 Å². The fourth-order valence-corrected chi connectivity index (χ4v) is 5.25. The highest BCUT2D eigenvalue weighted by molar-refractivity contribution is 8.01. The van der Waals surface area contributed by atoms with Gasteiger partial charge in [-0.2, -0.15) is 0 Å². The van der Waals surface area contributed by atoms with E-state index in [2.05, 4.69) is 17.2 Å². The zero-order chi connectivity index (χ0) is 21.8. The van der Waals surface area contributed by atoms with Crippen LogP contribution in [0.4, 0.5) is 0 Å². The number of ether oxygens (including phenoxy) is 3. The third-order valence-corrected chi connectivity index (χ3v) is 7.03. The average Bonchev–Trinajstić information content (AvgIpc) is 2.98. The fraction of sp³-hybridized carbons (Fsp3) is 0.524. The van der Waals surface area contributed by atoms with Crippen LogP contribution in [0.15, 0.2) is 47.4 Å². The maximum Gasteiger partial charge on any atom is 0.278 e. The second-order valence-corrected chi connectivity index (χ2v) is 9.74. The quantitative estimate of drug-likeness (QED) is 0.613. The third kappa shape index (κ3) is 3.25. The van der Waals surface area contributed by atoms with Crippen molar-refractivity contribution in [3.05, 3.63) is 42.5 Å². The number of nitrogens with one attached hydrogen (secondary N) is 2. The Labute approximate surface area is 179 Å². The van der Waals surface area contributed by atoms with Crippen molar-refractivity contribution in [2.45, 2.75) is 60.2 Å². The van der Waals surface area contributed by atoms with Gasteiger partial charge in [0.2, 0.25) is 0 Å². The zero-order valence-corrected chi connectivity index (χ0v) is 18.0. The van der Waals surface area contributed by atoms with Crippen molar-refractivity contribution in [1.82, 2.24) is 10.6 Å². The van der Waals surface area contributed by atoms with E-state index in [4.69, 9.17) is 14.2 Å². The minimum absolute atomic E-state index is 0.0338. The van der Waals surface area contributed by atoms with Gasteiger partial charge in [0.1, 0.15) is 11.7 Å². The highest BCUT2D eigenvalue weighted by atomic mass is 32.2. The second kappa shape index (κ2) is 7.06. The van der Waals surface area contributed by atoms with Gasteiger partial charge in [-0.25, -0.2) is 0 Å². The van der Waals surface area contributed by atoms with E-state index in [1.54, 1.807) is 20.8 Å². The van der Waals surface area contributed by atoms with Gasteiger partial charge in [-0.05, 0) is 44.9 Å². The van der Waals surface area contributed by atoms with Crippen LogP contribution in [-0.2, 0) is 23.8 Å². The van der Waals surface area contributed by atoms with Crippen molar-refractivity contribution in [3.63, 3.8) is 0 Å². The fourth-order valence-electron chi connectivity index (χ4n) is 4.07. The van der Waals surface area contributed by atoms with Gasteiger partial charge in [0.05, 0.1) is 13.2 Å². The van der Waals surface area contributed by atoms with Crippen molar-refractivity contribution in [2.24, 2.45) is 0 Å². The number of thioether (sulfide) groups is 1. The number of carbonyl (C=O) groups excluding carboxylic acids is 2. The van der Waals surface area contributed by atoms with Gasteiger partial charge >= 0.3 is 0 Å². The molecule has 5 rings (SSSR count). The first-order chi connectivity index (χ1) is 14.0. The lowest BCUT2D eigenvalue weighted by molar-refractivity contribution is -0.233. The largest absolute Gasteiger partial charge is 0.384 e. The Kier molecular flexibility index (Phi) is 5.02.